The molecule has 0 unspecified atom stereocenters. The lowest BCUT2D eigenvalue weighted by atomic mass is 10.4. The van der Waals surface area contributed by atoms with Gasteiger partial charge >= 0.3 is 0 Å². The molecule has 2 heterocycles. The monoisotopic (exact) mass is 120 g/mol. The molecular weight excluding hydrogens is 112 g/mol. The van der Waals surface area contributed by atoms with Crippen molar-refractivity contribution in [2.75, 3.05) is 0 Å². The van der Waals surface area contributed by atoms with Gasteiger partial charge in [0.1, 0.15) is 5.65 Å². The van der Waals surface area contributed by atoms with Crippen LogP contribution < -0.4 is 0 Å². The SMILES string of the molecule is Cn1ccc2cc[nH]c21. The van der Waals surface area contributed by atoms with E-state index in [0.29, 0.717) is 0 Å². The smallest absolute Gasteiger partial charge is 0.117 e. The molecule has 2 nitrogen and oxygen atoms in total. The summed E-state index contributed by atoms with van der Waals surface area (Å²) < 4.78 is 2.06. The summed E-state index contributed by atoms with van der Waals surface area (Å²) in [6.07, 6.45) is 3.99. The van der Waals surface area contributed by atoms with Crippen LogP contribution in [0.4, 0.5) is 0 Å². The molecule has 0 aliphatic heterocycles. The zero-order chi connectivity index (χ0) is 6.27. The van der Waals surface area contributed by atoms with Crippen LogP contribution in [0.3, 0.4) is 0 Å². The van der Waals surface area contributed by atoms with E-state index in [1.807, 2.05) is 19.4 Å². The molecule has 0 amide bonds. The van der Waals surface area contributed by atoms with Crippen molar-refractivity contribution in [1.29, 1.82) is 0 Å². The third-order valence-electron chi connectivity index (χ3n) is 1.59. The molecule has 2 aromatic heterocycles. The first-order valence-electron chi connectivity index (χ1n) is 2.96. The lowest BCUT2D eigenvalue weighted by molar-refractivity contribution is 0.951. The van der Waals surface area contributed by atoms with Gasteiger partial charge in [0.05, 0.1) is 0 Å². The minimum absolute atomic E-state index is 1.19. The highest BCUT2D eigenvalue weighted by molar-refractivity contribution is 5.76. The normalized spacial score (nSPS) is 10.8. The third kappa shape index (κ3) is 0.499. The second-order valence-electron chi connectivity index (χ2n) is 2.21. The molecule has 46 valence electrons. The van der Waals surface area contributed by atoms with Gasteiger partial charge in [-0.15, -0.1) is 0 Å². The number of fused-ring (bicyclic) bond motifs is 1. The number of nitrogens with one attached hydrogen (secondary N) is 1. The predicted octanol–water partition coefficient (Wildman–Crippen LogP) is 1.51. The Morgan fingerprint density at radius 1 is 1.44 bits per heavy atom. The average molecular weight is 120 g/mol. The van der Waals surface area contributed by atoms with Crippen LogP contribution in [-0.4, -0.2) is 9.55 Å². The number of hydrogen-bond acceptors (Lipinski definition) is 0. The summed E-state index contributed by atoms with van der Waals surface area (Å²) in [4.78, 5) is 3.13. The number of aromatic amines is 1. The van der Waals surface area contributed by atoms with Crippen LogP contribution in [0.15, 0.2) is 24.5 Å². The standard InChI is InChI=1S/C7H8N2/c1-9-5-3-6-2-4-8-7(6)9/h2-5,8H,1H3. The Kier molecular flexibility index (Phi) is 0.730. The van der Waals surface area contributed by atoms with Gasteiger partial charge in [0.2, 0.25) is 0 Å². The number of aromatic nitrogens is 2. The Morgan fingerprint density at radius 3 is 3.11 bits per heavy atom. The Hall–Kier alpha value is -1.18. The summed E-state index contributed by atoms with van der Waals surface area (Å²) in [7, 11) is 2.03. The maximum absolute atomic E-state index is 3.13. The molecule has 0 saturated heterocycles. The zero-order valence-electron chi connectivity index (χ0n) is 5.26. The van der Waals surface area contributed by atoms with Gasteiger partial charge in [-0.3, -0.25) is 0 Å². The fraction of sp³-hybridized carbons (Fsp3) is 0.143. The molecule has 0 aliphatic carbocycles. The first-order chi connectivity index (χ1) is 4.38. The second kappa shape index (κ2) is 1.41. The maximum atomic E-state index is 3.13. The van der Waals surface area contributed by atoms with E-state index in [2.05, 4.69) is 21.7 Å². The van der Waals surface area contributed by atoms with Crippen LogP contribution in [0.1, 0.15) is 0 Å². The van der Waals surface area contributed by atoms with Gasteiger partial charge in [0.25, 0.3) is 0 Å². The maximum Gasteiger partial charge on any atom is 0.117 e. The molecule has 2 heteroatoms. The van der Waals surface area contributed by atoms with Gasteiger partial charge in [-0.25, -0.2) is 0 Å². The van der Waals surface area contributed by atoms with E-state index < -0.39 is 0 Å². The first kappa shape index (κ1) is 4.68. The first-order valence-corrected chi connectivity index (χ1v) is 2.96. The molecule has 0 aliphatic rings. The van der Waals surface area contributed by atoms with Crippen LogP contribution in [-0.2, 0) is 7.05 Å². The number of nitrogens with zero attached hydrogens (tertiary/aromatic N) is 1. The molecule has 9 heavy (non-hydrogen) atoms. The molecule has 1 N–H and O–H groups in total. The van der Waals surface area contributed by atoms with Gasteiger partial charge < -0.3 is 9.55 Å². The molecule has 0 bridgehead atoms. The summed E-state index contributed by atoms with van der Waals surface area (Å²) in [6.45, 7) is 0. The molecule has 0 fully saturated rings. The highest BCUT2D eigenvalue weighted by Gasteiger charge is 1.94. The summed E-state index contributed by atoms with van der Waals surface area (Å²) in [5.74, 6) is 0. The molecule has 0 atom stereocenters. The van der Waals surface area contributed by atoms with E-state index in [4.69, 9.17) is 0 Å². The Labute approximate surface area is 53.1 Å². The van der Waals surface area contributed by atoms with Gasteiger partial charge in [-0.05, 0) is 12.1 Å². The lowest BCUT2D eigenvalue weighted by Gasteiger charge is -1.87. The molecule has 0 aromatic carbocycles. The minimum Gasteiger partial charge on any atom is -0.348 e. The topological polar surface area (TPSA) is 20.7 Å². The number of rotatable bonds is 0. The zero-order valence-corrected chi connectivity index (χ0v) is 5.26. The summed E-state index contributed by atoms with van der Waals surface area (Å²) in [6, 6.07) is 4.15. The fourth-order valence-electron chi connectivity index (χ4n) is 1.08. The van der Waals surface area contributed by atoms with E-state index in [9.17, 15) is 0 Å². The van der Waals surface area contributed by atoms with Crippen molar-refractivity contribution in [3.8, 4) is 0 Å². The Bertz CT molecular complexity index is 316. The number of H-pyrrole nitrogens is 1. The van der Waals surface area contributed by atoms with Crippen molar-refractivity contribution in [1.82, 2.24) is 9.55 Å². The largest absolute Gasteiger partial charge is 0.348 e. The molecule has 0 saturated carbocycles. The van der Waals surface area contributed by atoms with Gasteiger partial charge in [0.15, 0.2) is 0 Å². The van der Waals surface area contributed by atoms with Crippen molar-refractivity contribution in [3.63, 3.8) is 0 Å². The quantitative estimate of drug-likeness (QED) is 0.544. The van der Waals surface area contributed by atoms with Crippen molar-refractivity contribution >= 4 is 11.0 Å². The van der Waals surface area contributed by atoms with E-state index in [1.54, 1.807) is 0 Å². The number of hydrogen-bond donors (Lipinski definition) is 1. The molecular formula is C7H8N2. The van der Waals surface area contributed by atoms with Crippen molar-refractivity contribution in [2.45, 2.75) is 0 Å². The lowest BCUT2D eigenvalue weighted by Crippen LogP contribution is -1.82. The summed E-state index contributed by atoms with van der Waals surface area (Å²) in [5, 5.41) is 1.28. The highest BCUT2D eigenvalue weighted by atomic mass is 15.0. The van der Waals surface area contributed by atoms with E-state index in [-0.39, 0.29) is 0 Å². The summed E-state index contributed by atoms with van der Waals surface area (Å²) in [5.41, 5.74) is 1.19. The van der Waals surface area contributed by atoms with Gasteiger partial charge in [-0.1, -0.05) is 0 Å². The fourth-order valence-corrected chi connectivity index (χ4v) is 1.08. The van der Waals surface area contributed by atoms with E-state index >= 15 is 0 Å². The summed E-state index contributed by atoms with van der Waals surface area (Å²) >= 11 is 0. The Balaban J connectivity index is 2.99. The van der Waals surface area contributed by atoms with Crippen molar-refractivity contribution in [2.24, 2.45) is 7.05 Å². The van der Waals surface area contributed by atoms with Crippen molar-refractivity contribution in [3.05, 3.63) is 24.5 Å². The van der Waals surface area contributed by atoms with Crippen molar-refractivity contribution < 1.29 is 0 Å². The minimum atomic E-state index is 1.19. The third-order valence-corrected chi connectivity index (χ3v) is 1.59. The van der Waals surface area contributed by atoms with Crippen LogP contribution in [0.5, 0.6) is 0 Å². The highest BCUT2D eigenvalue weighted by Crippen LogP contribution is 2.10. The molecule has 0 radical (unpaired) electrons. The number of aryl methyl sites for hydroxylation is 1. The van der Waals surface area contributed by atoms with Crippen LogP contribution in [0.2, 0.25) is 0 Å². The molecule has 2 aromatic rings. The predicted molar refractivity (Wildman–Crippen MR) is 37.3 cm³/mol. The van der Waals surface area contributed by atoms with Gasteiger partial charge in [-0.2, -0.15) is 0 Å². The Morgan fingerprint density at radius 2 is 2.33 bits per heavy atom. The van der Waals surface area contributed by atoms with Crippen LogP contribution in [0, 0.1) is 0 Å². The van der Waals surface area contributed by atoms with Gasteiger partial charge in [0, 0.05) is 24.8 Å². The van der Waals surface area contributed by atoms with Crippen LogP contribution in [0.25, 0.3) is 11.0 Å². The van der Waals surface area contributed by atoms with E-state index in [1.165, 1.54) is 11.0 Å². The van der Waals surface area contributed by atoms with Crippen LogP contribution >= 0.6 is 0 Å². The average Bonchev–Trinajstić information content (AvgIpc) is 2.35. The molecule has 2 rings (SSSR count). The van der Waals surface area contributed by atoms with E-state index in [0.717, 1.165) is 0 Å². The second-order valence-corrected chi connectivity index (χ2v) is 2.21. The molecule has 0 spiro atoms.